The zero-order valence-electron chi connectivity index (χ0n) is 20.2. The van der Waals surface area contributed by atoms with Crippen LogP contribution in [0.3, 0.4) is 0 Å². The van der Waals surface area contributed by atoms with Gasteiger partial charge in [0.1, 0.15) is 17.8 Å². The molecule has 2 aliphatic rings. The van der Waals surface area contributed by atoms with Crippen LogP contribution in [0, 0.1) is 5.41 Å². The molecule has 1 saturated heterocycles. The molecular weight excluding hydrogens is 507 g/mol. The highest BCUT2D eigenvalue weighted by Crippen LogP contribution is 2.57. The van der Waals surface area contributed by atoms with Gasteiger partial charge in [-0.3, -0.25) is 9.78 Å². The predicted octanol–water partition coefficient (Wildman–Crippen LogP) is 4.32. The molecule has 2 heterocycles. The minimum Gasteiger partial charge on any atom is -0.492 e. The van der Waals surface area contributed by atoms with Crippen molar-refractivity contribution in [1.82, 2.24) is 9.88 Å². The van der Waals surface area contributed by atoms with E-state index in [-0.39, 0.29) is 29.1 Å². The molecule has 0 unspecified atom stereocenters. The van der Waals surface area contributed by atoms with E-state index in [2.05, 4.69) is 9.88 Å². The van der Waals surface area contributed by atoms with Crippen LogP contribution in [0.4, 0.5) is 18.9 Å². The van der Waals surface area contributed by atoms with Gasteiger partial charge in [0, 0.05) is 37.8 Å². The molecule has 2 fully saturated rings. The molecule has 11 heteroatoms. The van der Waals surface area contributed by atoms with Gasteiger partial charge < -0.3 is 14.5 Å². The summed E-state index contributed by atoms with van der Waals surface area (Å²) in [4.78, 5) is 21.5. The number of amides is 1. The number of alkyl halides is 3. The van der Waals surface area contributed by atoms with Crippen molar-refractivity contribution in [1.29, 1.82) is 0 Å². The third kappa shape index (κ3) is 5.09. The van der Waals surface area contributed by atoms with Gasteiger partial charge in [-0.15, -0.1) is 0 Å². The summed E-state index contributed by atoms with van der Waals surface area (Å²) in [5, 5.41) is 1.00. The van der Waals surface area contributed by atoms with Crippen LogP contribution in [-0.2, 0) is 9.84 Å². The van der Waals surface area contributed by atoms with E-state index in [1.807, 2.05) is 30.3 Å². The fraction of sp³-hybridized carbons (Fsp3) is 0.385. The third-order valence-electron chi connectivity index (χ3n) is 7.08. The van der Waals surface area contributed by atoms with Crippen molar-refractivity contribution in [2.24, 2.45) is 5.41 Å². The number of pyridine rings is 1. The number of ether oxygens (including phenoxy) is 1. The maximum Gasteiger partial charge on any atom is 0.397 e. The zero-order valence-corrected chi connectivity index (χ0v) is 21.0. The fourth-order valence-corrected chi connectivity index (χ4v) is 5.13. The average molecular weight is 534 g/mol. The summed E-state index contributed by atoms with van der Waals surface area (Å²) in [5.41, 5.74) is -0.156. The van der Waals surface area contributed by atoms with E-state index in [1.165, 1.54) is 18.2 Å². The number of piperazine rings is 1. The number of hydrogen-bond acceptors (Lipinski definition) is 6. The minimum absolute atomic E-state index is 0.0349. The van der Waals surface area contributed by atoms with E-state index in [0.29, 0.717) is 26.2 Å². The molecule has 0 bridgehead atoms. The molecule has 0 spiro atoms. The van der Waals surface area contributed by atoms with Crippen LogP contribution in [0.2, 0.25) is 0 Å². The Morgan fingerprint density at radius 2 is 1.76 bits per heavy atom. The molecule has 1 aliphatic heterocycles. The number of fused-ring (bicyclic) bond motifs is 1. The molecule has 0 N–H and O–H groups in total. The summed E-state index contributed by atoms with van der Waals surface area (Å²) in [6, 6.07) is 13.5. The van der Waals surface area contributed by atoms with Crippen LogP contribution >= 0.6 is 0 Å². The molecule has 7 nitrogen and oxygen atoms in total. The van der Waals surface area contributed by atoms with Gasteiger partial charge in [-0.05, 0) is 43.2 Å². The van der Waals surface area contributed by atoms with Crippen LogP contribution in [-0.4, -0.2) is 69.4 Å². The lowest BCUT2D eigenvalue weighted by Crippen LogP contribution is -2.49. The van der Waals surface area contributed by atoms with Crippen molar-refractivity contribution >= 4 is 32.3 Å². The SMILES string of the molecule is CS(=O)(=O)c1ccc(OCC2(C(F)(F)F)CC2)c(C(=O)N2CCN(c3cnc4ccccc4c3)CC2)c1. The Bertz CT molecular complexity index is 1450. The first-order valence-corrected chi connectivity index (χ1v) is 13.8. The minimum atomic E-state index is -4.40. The van der Waals surface area contributed by atoms with E-state index < -0.39 is 33.9 Å². The Hall–Kier alpha value is -3.34. The number of carbonyl (C=O) groups is 1. The molecule has 37 heavy (non-hydrogen) atoms. The largest absolute Gasteiger partial charge is 0.492 e. The van der Waals surface area contributed by atoms with E-state index in [4.69, 9.17) is 4.74 Å². The normalized spacial score (nSPS) is 17.6. The van der Waals surface area contributed by atoms with Gasteiger partial charge in [-0.25, -0.2) is 8.42 Å². The topological polar surface area (TPSA) is 79.8 Å². The fourth-order valence-electron chi connectivity index (χ4n) is 4.48. The molecule has 5 rings (SSSR count). The van der Waals surface area contributed by atoms with Gasteiger partial charge in [0.25, 0.3) is 5.91 Å². The Morgan fingerprint density at radius 1 is 1.05 bits per heavy atom. The monoisotopic (exact) mass is 533 g/mol. The first-order chi connectivity index (χ1) is 17.5. The number of hydrogen-bond donors (Lipinski definition) is 0. The number of nitrogens with zero attached hydrogens (tertiary/aromatic N) is 3. The van der Waals surface area contributed by atoms with Crippen LogP contribution in [0.15, 0.2) is 59.6 Å². The molecular formula is C26H26F3N3O4S. The summed E-state index contributed by atoms with van der Waals surface area (Å²) in [6.07, 6.45) is -1.68. The number of para-hydroxylation sites is 1. The molecule has 2 aromatic carbocycles. The number of rotatable bonds is 6. The van der Waals surface area contributed by atoms with Gasteiger partial charge in [0.2, 0.25) is 0 Å². The third-order valence-corrected chi connectivity index (χ3v) is 8.19. The van der Waals surface area contributed by atoms with Crippen LogP contribution in [0.5, 0.6) is 5.75 Å². The maximum absolute atomic E-state index is 13.5. The molecule has 1 amide bonds. The number of aromatic nitrogens is 1. The standard InChI is InChI=1S/C26H26F3N3O4S/c1-37(34,35)20-6-7-23(36-17-25(8-9-25)26(27,28)29)21(15-20)24(33)32-12-10-31(11-13-32)19-14-18-4-2-3-5-22(18)30-16-19/h2-7,14-16H,8-13,17H2,1H3. The Morgan fingerprint density at radius 3 is 2.41 bits per heavy atom. The molecule has 196 valence electrons. The second-order valence-electron chi connectivity index (χ2n) is 9.66. The highest BCUT2D eigenvalue weighted by atomic mass is 32.2. The number of sulfone groups is 1. The highest BCUT2D eigenvalue weighted by Gasteiger charge is 2.64. The van der Waals surface area contributed by atoms with Crippen LogP contribution in [0.25, 0.3) is 10.9 Å². The predicted molar refractivity (Wildman–Crippen MR) is 133 cm³/mol. The van der Waals surface area contributed by atoms with Crippen molar-refractivity contribution in [2.45, 2.75) is 23.9 Å². The van der Waals surface area contributed by atoms with Gasteiger partial charge in [-0.1, -0.05) is 18.2 Å². The summed E-state index contributed by atoms with van der Waals surface area (Å²) < 4.78 is 69.9. The first kappa shape index (κ1) is 25.3. The van der Waals surface area contributed by atoms with E-state index in [0.717, 1.165) is 22.8 Å². The summed E-state index contributed by atoms with van der Waals surface area (Å²) in [6.45, 7) is 1.12. The maximum atomic E-state index is 13.5. The van der Waals surface area contributed by atoms with Gasteiger partial charge in [0.05, 0.1) is 27.9 Å². The summed E-state index contributed by atoms with van der Waals surface area (Å²) in [7, 11) is -3.64. The van der Waals surface area contributed by atoms with Gasteiger partial charge in [0.15, 0.2) is 9.84 Å². The quantitative estimate of drug-likeness (QED) is 0.470. The van der Waals surface area contributed by atoms with Crippen molar-refractivity contribution in [3.8, 4) is 5.75 Å². The number of anilines is 1. The summed E-state index contributed by atoms with van der Waals surface area (Å²) in [5.74, 6) is -0.525. The smallest absolute Gasteiger partial charge is 0.397 e. The molecule has 1 aliphatic carbocycles. The average Bonchev–Trinajstić information content (AvgIpc) is 3.68. The van der Waals surface area contributed by atoms with Gasteiger partial charge in [-0.2, -0.15) is 13.2 Å². The Labute approximate surface area is 212 Å². The lowest BCUT2D eigenvalue weighted by molar-refractivity contribution is -0.194. The number of halogens is 3. The van der Waals surface area contributed by atoms with E-state index >= 15 is 0 Å². The lowest BCUT2D eigenvalue weighted by atomic mass is 10.1. The molecule has 0 atom stereocenters. The summed E-state index contributed by atoms with van der Waals surface area (Å²) >= 11 is 0. The van der Waals surface area contributed by atoms with Gasteiger partial charge >= 0.3 is 6.18 Å². The number of benzene rings is 2. The Balaban J connectivity index is 1.34. The second-order valence-corrected chi connectivity index (χ2v) is 11.7. The molecule has 0 radical (unpaired) electrons. The highest BCUT2D eigenvalue weighted by molar-refractivity contribution is 7.90. The second kappa shape index (κ2) is 9.20. The van der Waals surface area contributed by atoms with E-state index in [1.54, 1.807) is 11.1 Å². The lowest BCUT2D eigenvalue weighted by Gasteiger charge is -2.36. The van der Waals surface area contributed by atoms with Crippen molar-refractivity contribution in [3.05, 3.63) is 60.3 Å². The molecule has 3 aromatic rings. The van der Waals surface area contributed by atoms with Crippen molar-refractivity contribution < 1.29 is 31.1 Å². The Kier molecular flexibility index (Phi) is 6.29. The van der Waals surface area contributed by atoms with Crippen LogP contribution in [0.1, 0.15) is 23.2 Å². The number of carbonyl (C=O) groups excluding carboxylic acids is 1. The first-order valence-electron chi connectivity index (χ1n) is 11.9. The van der Waals surface area contributed by atoms with Crippen LogP contribution < -0.4 is 9.64 Å². The van der Waals surface area contributed by atoms with Crippen molar-refractivity contribution in [3.63, 3.8) is 0 Å². The van der Waals surface area contributed by atoms with Crippen molar-refractivity contribution in [2.75, 3.05) is 43.9 Å². The molecule has 1 aromatic heterocycles. The molecule has 1 saturated carbocycles. The zero-order chi connectivity index (χ0) is 26.4. The van der Waals surface area contributed by atoms with E-state index in [9.17, 15) is 26.4 Å².